The maximum absolute atomic E-state index is 12.4. The first-order valence-electron chi connectivity index (χ1n) is 7.64. The van der Waals surface area contributed by atoms with Crippen LogP contribution < -0.4 is 5.32 Å². The lowest BCUT2D eigenvalue weighted by Gasteiger charge is -2.07. The SMILES string of the molecule is Cc1cc(C)c(-c2csc(NC(=O)c3c(C)noc3C)n2)cc1C. The number of aryl methyl sites for hydroxylation is 5. The van der Waals surface area contributed by atoms with Gasteiger partial charge in [-0.25, -0.2) is 4.98 Å². The Labute approximate surface area is 144 Å². The molecule has 0 bridgehead atoms. The van der Waals surface area contributed by atoms with Crippen LogP contribution in [-0.2, 0) is 0 Å². The minimum Gasteiger partial charge on any atom is -0.361 e. The van der Waals surface area contributed by atoms with Crippen molar-refractivity contribution in [3.05, 3.63) is 51.2 Å². The molecule has 3 rings (SSSR count). The zero-order valence-corrected chi connectivity index (χ0v) is 15.2. The van der Waals surface area contributed by atoms with Crippen LogP contribution in [0.2, 0.25) is 0 Å². The molecule has 124 valence electrons. The molecule has 0 radical (unpaired) electrons. The molecular weight excluding hydrogens is 322 g/mol. The Kier molecular flexibility index (Phi) is 4.24. The molecule has 6 heteroatoms. The van der Waals surface area contributed by atoms with Gasteiger partial charge in [-0.2, -0.15) is 0 Å². The highest BCUT2D eigenvalue weighted by atomic mass is 32.1. The standard InChI is InChI=1S/C18H19N3O2S/c1-9-6-11(3)14(7-10(9)2)15-8-24-18(19-15)20-17(22)16-12(4)21-23-13(16)5/h6-8H,1-5H3,(H,19,20,22). The van der Waals surface area contributed by atoms with Gasteiger partial charge in [-0.05, 0) is 57.4 Å². The second kappa shape index (κ2) is 6.20. The Hall–Kier alpha value is -2.47. The van der Waals surface area contributed by atoms with Gasteiger partial charge in [0, 0.05) is 10.9 Å². The number of nitrogens with zero attached hydrogens (tertiary/aromatic N) is 2. The molecule has 0 saturated heterocycles. The van der Waals surface area contributed by atoms with Gasteiger partial charge in [0.25, 0.3) is 5.91 Å². The zero-order valence-electron chi connectivity index (χ0n) is 14.4. The lowest BCUT2D eigenvalue weighted by molar-refractivity contribution is 0.102. The molecule has 3 aromatic rings. The number of rotatable bonds is 3. The first-order valence-corrected chi connectivity index (χ1v) is 8.52. The van der Waals surface area contributed by atoms with E-state index >= 15 is 0 Å². The Balaban J connectivity index is 1.87. The van der Waals surface area contributed by atoms with Crippen molar-refractivity contribution in [3.8, 4) is 11.3 Å². The summed E-state index contributed by atoms with van der Waals surface area (Å²) in [6, 6.07) is 4.30. The van der Waals surface area contributed by atoms with E-state index in [-0.39, 0.29) is 5.91 Å². The number of carbonyl (C=O) groups excluding carboxylic acids is 1. The van der Waals surface area contributed by atoms with Gasteiger partial charge >= 0.3 is 0 Å². The topological polar surface area (TPSA) is 68.0 Å². The van der Waals surface area contributed by atoms with Crippen molar-refractivity contribution in [2.24, 2.45) is 0 Å². The van der Waals surface area contributed by atoms with Gasteiger partial charge in [-0.15, -0.1) is 11.3 Å². The molecule has 1 amide bonds. The third-order valence-electron chi connectivity index (χ3n) is 4.10. The molecule has 24 heavy (non-hydrogen) atoms. The average molecular weight is 341 g/mol. The van der Waals surface area contributed by atoms with Gasteiger partial charge in [0.2, 0.25) is 0 Å². The highest BCUT2D eigenvalue weighted by Gasteiger charge is 2.19. The average Bonchev–Trinajstić information content (AvgIpc) is 3.10. The van der Waals surface area contributed by atoms with Gasteiger partial charge < -0.3 is 4.52 Å². The second-order valence-electron chi connectivity index (χ2n) is 5.94. The quantitative estimate of drug-likeness (QED) is 0.756. The molecule has 0 aliphatic rings. The minimum absolute atomic E-state index is 0.246. The number of anilines is 1. The van der Waals surface area contributed by atoms with Crippen molar-refractivity contribution in [1.82, 2.24) is 10.1 Å². The Morgan fingerprint density at radius 3 is 2.46 bits per heavy atom. The predicted octanol–water partition coefficient (Wildman–Crippen LogP) is 4.59. The fourth-order valence-electron chi connectivity index (χ4n) is 2.66. The third-order valence-corrected chi connectivity index (χ3v) is 4.86. The summed E-state index contributed by atoms with van der Waals surface area (Å²) in [6.07, 6.45) is 0. The van der Waals surface area contributed by atoms with Gasteiger partial charge in [0.05, 0.1) is 11.4 Å². The van der Waals surface area contributed by atoms with Crippen LogP contribution in [0.5, 0.6) is 0 Å². The molecule has 0 unspecified atom stereocenters. The van der Waals surface area contributed by atoms with Gasteiger partial charge in [-0.3, -0.25) is 10.1 Å². The molecular formula is C18H19N3O2S. The number of nitrogens with one attached hydrogen (secondary N) is 1. The second-order valence-corrected chi connectivity index (χ2v) is 6.80. The molecule has 0 aliphatic carbocycles. The molecule has 2 heterocycles. The molecule has 2 aromatic heterocycles. The van der Waals surface area contributed by atoms with Gasteiger partial charge in [-0.1, -0.05) is 11.2 Å². The number of hydrogen-bond donors (Lipinski definition) is 1. The molecule has 0 aliphatic heterocycles. The van der Waals surface area contributed by atoms with Crippen LogP contribution >= 0.6 is 11.3 Å². The van der Waals surface area contributed by atoms with E-state index in [4.69, 9.17) is 4.52 Å². The molecule has 1 N–H and O–H groups in total. The minimum atomic E-state index is -0.246. The summed E-state index contributed by atoms with van der Waals surface area (Å²) in [5, 5.41) is 9.16. The van der Waals surface area contributed by atoms with E-state index < -0.39 is 0 Å². The number of hydrogen-bond acceptors (Lipinski definition) is 5. The lowest BCUT2D eigenvalue weighted by Crippen LogP contribution is -2.13. The highest BCUT2D eigenvalue weighted by Crippen LogP contribution is 2.29. The van der Waals surface area contributed by atoms with Crippen LogP contribution in [0.1, 0.15) is 38.5 Å². The van der Waals surface area contributed by atoms with Crippen LogP contribution in [0.4, 0.5) is 5.13 Å². The fraction of sp³-hybridized carbons (Fsp3) is 0.278. The van der Waals surface area contributed by atoms with Crippen molar-refractivity contribution in [3.63, 3.8) is 0 Å². The van der Waals surface area contributed by atoms with Crippen molar-refractivity contribution >= 4 is 22.4 Å². The zero-order chi connectivity index (χ0) is 17.4. The van der Waals surface area contributed by atoms with Crippen molar-refractivity contribution in [1.29, 1.82) is 0 Å². The molecule has 1 aromatic carbocycles. The Bertz CT molecular complexity index is 905. The van der Waals surface area contributed by atoms with Crippen LogP contribution in [0, 0.1) is 34.6 Å². The summed E-state index contributed by atoms with van der Waals surface area (Å²) in [7, 11) is 0. The van der Waals surface area contributed by atoms with Crippen molar-refractivity contribution in [2.45, 2.75) is 34.6 Å². The first-order chi connectivity index (χ1) is 11.4. The number of benzene rings is 1. The summed E-state index contributed by atoms with van der Waals surface area (Å²) >= 11 is 1.41. The largest absolute Gasteiger partial charge is 0.361 e. The van der Waals surface area contributed by atoms with E-state index in [0.717, 1.165) is 11.3 Å². The van der Waals surface area contributed by atoms with E-state index in [9.17, 15) is 4.79 Å². The highest BCUT2D eigenvalue weighted by molar-refractivity contribution is 7.14. The van der Waals surface area contributed by atoms with E-state index in [2.05, 4.69) is 48.4 Å². The number of amides is 1. The molecule has 0 spiro atoms. The predicted molar refractivity (Wildman–Crippen MR) is 95.7 cm³/mol. The Morgan fingerprint density at radius 2 is 1.79 bits per heavy atom. The first kappa shape index (κ1) is 16.4. The lowest BCUT2D eigenvalue weighted by atomic mass is 9.99. The summed E-state index contributed by atoms with van der Waals surface area (Å²) in [5.74, 6) is 0.260. The maximum atomic E-state index is 12.4. The van der Waals surface area contributed by atoms with Gasteiger partial charge in [0.1, 0.15) is 11.3 Å². The molecule has 0 fully saturated rings. The van der Waals surface area contributed by atoms with Gasteiger partial charge in [0.15, 0.2) is 5.13 Å². The van der Waals surface area contributed by atoms with Crippen LogP contribution in [-0.4, -0.2) is 16.0 Å². The van der Waals surface area contributed by atoms with Crippen LogP contribution in [0.3, 0.4) is 0 Å². The van der Waals surface area contributed by atoms with E-state index in [1.807, 2.05) is 5.38 Å². The maximum Gasteiger partial charge on any atom is 0.262 e. The van der Waals surface area contributed by atoms with Crippen molar-refractivity contribution in [2.75, 3.05) is 5.32 Å². The smallest absolute Gasteiger partial charge is 0.262 e. The number of thiazole rings is 1. The molecule has 0 saturated carbocycles. The summed E-state index contributed by atoms with van der Waals surface area (Å²) in [5.41, 5.74) is 6.66. The van der Waals surface area contributed by atoms with Crippen LogP contribution in [0.15, 0.2) is 22.0 Å². The normalized spacial score (nSPS) is 10.9. The van der Waals surface area contributed by atoms with Crippen LogP contribution in [0.25, 0.3) is 11.3 Å². The summed E-state index contributed by atoms with van der Waals surface area (Å²) in [4.78, 5) is 16.9. The monoisotopic (exact) mass is 341 g/mol. The number of carbonyl (C=O) groups is 1. The third kappa shape index (κ3) is 2.97. The van der Waals surface area contributed by atoms with E-state index in [1.165, 1.54) is 28.0 Å². The molecule has 5 nitrogen and oxygen atoms in total. The van der Waals surface area contributed by atoms with E-state index in [1.54, 1.807) is 13.8 Å². The summed E-state index contributed by atoms with van der Waals surface area (Å²) < 4.78 is 5.04. The summed E-state index contributed by atoms with van der Waals surface area (Å²) in [6.45, 7) is 9.73. The van der Waals surface area contributed by atoms with E-state index in [0.29, 0.717) is 22.1 Å². The number of aromatic nitrogens is 2. The van der Waals surface area contributed by atoms with Crippen molar-refractivity contribution < 1.29 is 9.32 Å². The molecule has 0 atom stereocenters. The fourth-order valence-corrected chi connectivity index (χ4v) is 3.36. The Morgan fingerprint density at radius 1 is 1.08 bits per heavy atom.